The Bertz CT molecular complexity index is 570. The van der Waals surface area contributed by atoms with Crippen molar-refractivity contribution < 1.29 is 23.4 Å². The van der Waals surface area contributed by atoms with E-state index in [1.54, 1.807) is 18.2 Å². The van der Waals surface area contributed by atoms with Crippen molar-refractivity contribution in [3.63, 3.8) is 0 Å². The van der Waals surface area contributed by atoms with Crippen LogP contribution in [0, 0.1) is 0 Å². The van der Waals surface area contributed by atoms with Gasteiger partial charge in [0.15, 0.2) is 5.96 Å². The van der Waals surface area contributed by atoms with Gasteiger partial charge in [-0.3, -0.25) is 0 Å². The molecule has 1 aromatic rings. The van der Waals surface area contributed by atoms with E-state index in [1.807, 2.05) is 6.92 Å². The lowest BCUT2D eigenvalue weighted by Crippen LogP contribution is -2.49. The maximum absolute atomic E-state index is 12.5. The standard InChI is InChI=1S/C17H25F2N3O3.HI/c1-2-20-16(22-12-17(23)7-9-24-10-8-17)21-11-13-5-3-4-6-14(13)25-15(18)19;/h3-6,15,23H,2,7-12H2,1H3,(H2,20,21,22);1H. The zero-order chi connectivity index (χ0) is 18.1. The highest BCUT2D eigenvalue weighted by Crippen LogP contribution is 2.21. The van der Waals surface area contributed by atoms with Crippen molar-refractivity contribution in [2.24, 2.45) is 4.99 Å². The van der Waals surface area contributed by atoms with Gasteiger partial charge in [0.05, 0.1) is 12.1 Å². The number of halogens is 3. The van der Waals surface area contributed by atoms with Crippen LogP contribution in [-0.2, 0) is 11.3 Å². The van der Waals surface area contributed by atoms with Crippen molar-refractivity contribution in [3.8, 4) is 5.75 Å². The van der Waals surface area contributed by atoms with Gasteiger partial charge in [0.1, 0.15) is 5.75 Å². The fourth-order valence-corrected chi connectivity index (χ4v) is 2.53. The average Bonchev–Trinajstić information content (AvgIpc) is 2.59. The largest absolute Gasteiger partial charge is 0.434 e. The Morgan fingerprint density at radius 1 is 1.31 bits per heavy atom. The molecule has 148 valence electrons. The number of para-hydroxylation sites is 1. The van der Waals surface area contributed by atoms with Gasteiger partial charge in [0.25, 0.3) is 0 Å². The molecule has 1 saturated heterocycles. The van der Waals surface area contributed by atoms with Gasteiger partial charge in [0, 0.05) is 44.7 Å². The molecule has 2 rings (SSSR count). The van der Waals surface area contributed by atoms with E-state index in [2.05, 4.69) is 20.4 Å². The lowest BCUT2D eigenvalue weighted by molar-refractivity contribution is -0.0594. The summed E-state index contributed by atoms with van der Waals surface area (Å²) in [5, 5.41) is 16.7. The first-order valence-electron chi connectivity index (χ1n) is 8.37. The Morgan fingerprint density at radius 2 is 2.00 bits per heavy atom. The third-order valence-corrected chi connectivity index (χ3v) is 3.95. The second kappa shape index (κ2) is 11.5. The van der Waals surface area contributed by atoms with Crippen LogP contribution in [0.1, 0.15) is 25.3 Å². The summed E-state index contributed by atoms with van der Waals surface area (Å²) in [6.45, 7) is 1.28. The van der Waals surface area contributed by atoms with Crippen LogP contribution in [0.3, 0.4) is 0 Å². The molecule has 26 heavy (non-hydrogen) atoms. The predicted octanol–water partition coefficient (Wildman–Crippen LogP) is 2.50. The van der Waals surface area contributed by atoms with Crippen LogP contribution < -0.4 is 15.4 Å². The monoisotopic (exact) mass is 485 g/mol. The molecule has 1 aliphatic heterocycles. The molecule has 1 fully saturated rings. The molecule has 0 atom stereocenters. The van der Waals surface area contributed by atoms with Crippen LogP contribution in [0.25, 0.3) is 0 Å². The number of hydrogen-bond acceptors (Lipinski definition) is 4. The minimum Gasteiger partial charge on any atom is -0.434 e. The molecule has 0 aliphatic carbocycles. The number of nitrogens with one attached hydrogen (secondary N) is 2. The molecular formula is C17H26F2IN3O3. The predicted molar refractivity (Wildman–Crippen MR) is 106 cm³/mol. The smallest absolute Gasteiger partial charge is 0.387 e. The average molecular weight is 485 g/mol. The number of nitrogens with zero attached hydrogens (tertiary/aromatic N) is 1. The summed E-state index contributed by atoms with van der Waals surface area (Å²) >= 11 is 0. The molecule has 0 spiro atoms. The molecule has 3 N–H and O–H groups in total. The van der Waals surface area contributed by atoms with Gasteiger partial charge >= 0.3 is 6.61 Å². The van der Waals surface area contributed by atoms with E-state index in [0.717, 1.165) is 0 Å². The van der Waals surface area contributed by atoms with Crippen LogP contribution in [0.5, 0.6) is 5.75 Å². The quantitative estimate of drug-likeness (QED) is 0.315. The number of guanidine groups is 1. The maximum Gasteiger partial charge on any atom is 0.387 e. The van der Waals surface area contributed by atoms with E-state index >= 15 is 0 Å². The van der Waals surface area contributed by atoms with E-state index in [0.29, 0.717) is 50.7 Å². The number of ether oxygens (including phenoxy) is 2. The Kier molecular flexibility index (Phi) is 10.1. The topological polar surface area (TPSA) is 75.1 Å². The van der Waals surface area contributed by atoms with Crippen LogP contribution in [0.15, 0.2) is 29.3 Å². The van der Waals surface area contributed by atoms with Gasteiger partial charge in [-0.25, -0.2) is 4.99 Å². The Morgan fingerprint density at radius 3 is 2.65 bits per heavy atom. The number of aliphatic hydroxyl groups is 1. The van der Waals surface area contributed by atoms with E-state index in [4.69, 9.17) is 4.74 Å². The third kappa shape index (κ3) is 7.58. The minimum atomic E-state index is -2.88. The van der Waals surface area contributed by atoms with Gasteiger partial charge in [0.2, 0.25) is 0 Å². The molecule has 0 amide bonds. The SMILES string of the molecule is CCNC(=NCc1ccccc1OC(F)F)NCC1(O)CCOCC1.I. The first-order chi connectivity index (χ1) is 12.0. The maximum atomic E-state index is 12.5. The van der Waals surface area contributed by atoms with Gasteiger partial charge in [-0.15, -0.1) is 24.0 Å². The summed E-state index contributed by atoms with van der Waals surface area (Å²) in [4.78, 5) is 4.39. The number of rotatable bonds is 7. The fraction of sp³-hybridized carbons (Fsp3) is 0.588. The lowest BCUT2D eigenvalue weighted by Gasteiger charge is -2.32. The molecule has 0 bridgehead atoms. The highest BCUT2D eigenvalue weighted by atomic mass is 127. The minimum absolute atomic E-state index is 0. The second-order valence-corrected chi connectivity index (χ2v) is 5.87. The summed E-state index contributed by atoms with van der Waals surface area (Å²) < 4.78 is 34.7. The van der Waals surface area contributed by atoms with Crippen molar-refractivity contribution in [1.82, 2.24) is 10.6 Å². The summed E-state index contributed by atoms with van der Waals surface area (Å²) in [5.74, 6) is 0.620. The van der Waals surface area contributed by atoms with Crippen molar-refractivity contribution in [2.45, 2.75) is 38.5 Å². The Labute approximate surface area is 169 Å². The molecule has 0 aromatic heterocycles. The lowest BCUT2D eigenvalue weighted by atomic mass is 9.94. The summed E-state index contributed by atoms with van der Waals surface area (Å²) in [7, 11) is 0. The van der Waals surface area contributed by atoms with Crippen molar-refractivity contribution in [2.75, 3.05) is 26.3 Å². The Hall–Kier alpha value is -1.20. The van der Waals surface area contributed by atoms with Gasteiger partial charge in [-0.05, 0) is 13.0 Å². The number of alkyl halides is 2. The molecule has 0 unspecified atom stereocenters. The Balaban J connectivity index is 0.00000338. The molecule has 9 heteroatoms. The van der Waals surface area contributed by atoms with E-state index in [1.165, 1.54) is 6.07 Å². The zero-order valence-corrected chi connectivity index (χ0v) is 17.0. The molecule has 1 aromatic carbocycles. The van der Waals surface area contributed by atoms with Crippen molar-refractivity contribution >= 4 is 29.9 Å². The number of benzene rings is 1. The van der Waals surface area contributed by atoms with Crippen LogP contribution >= 0.6 is 24.0 Å². The van der Waals surface area contributed by atoms with Crippen LogP contribution in [-0.4, -0.2) is 49.6 Å². The van der Waals surface area contributed by atoms with Crippen molar-refractivity contribution in [1.29, 1.82) is 0 Å². The van der Waals surface area contributed by atoms with Gasteiger partial charge < -0.3 is 25.2 Å². The normalized spacial score (nSPS) is 16.7. The second-order valence-electron chi connectivity index (χ2n) is 5.87. The third-order valence-electron chi connectivity index (χ3n) is 3.95. The van der Waals surface area contributed by atoms with Gasteiger partial charge in [-0.2, -0.15) is 8.78 Å². The summed E-state index contributed by atoms with van der Waals surface area (Å²) in [6.07, 6.45) is 1.12. The summed E-state index contributed by atoms with van der Waals surface area (Å²) in [5.41, 5.74) is -0.268. The molecule has 0 radical (unpaired) electrons. The molecule has 1 heterocycles. The highest BCUT2D eigenvalue weighted by molar-refractivity contribution is 14.0. The first kappa shape index (κ1) is 22.8. The molecule has 0 saturated carbocycles. The van der Waals surface area contributed by atoms with Gasteiger partial charge in [-0.1, -0.05) is 18.2 Å². The van der Waals surface area contributed by atoms with Crippen molar-refractivity contribution in [3.05, 3.63) is 29.8 Å². The number of aliphatic imine (C=N–C) groups is 1. The highest BCUT2D eigenvalue weighted by Gasteiger charge is 2.29. The molecule has 6 nitrogen and oxygen atoms in total. The molecule has 1 aliphatic rings. The summed E-state index contributed by atoms with van der Waals surface area (Å²) in [6, 6.07) is 6.56. The van der Waals surface area contributed by atoms with E-state index in [-0.39, 0.29) is 36.3 Å². The molecular weight excluding hydrogens is 459 g/mol. The van der Waals surface area contributed by atoms with E-state index < -0.39 is 12.2 Å². The zero-order valence-electron chi connectivity index (χ0n) is 14.7. The fourth-order valence-electron chi connectivity index (χ4n) is 2.53. The first-order valence-corrected chi connectivity index (χ1v) is 8.37. The van der Waals surface area contributed by atoms with E-state index in [9.17, 15) is 13.9 Å². The van der Waals surface area contributed by atoms with Crippen LogP contribution in [0.4, 0.5) is 8.78 Å². The number of hydrogen-bond donors (Lipinski definition) is 3. The van der Waals surface area contributed by atoms with Crippen LogP contribution in [0.2, 0.25) is 0 Å².